The Morgan fingerprint density at radius 1 is 1.24 bits per heavy atom. The highest BCUT2D eigenvalue weighted by Crippen LogP contribution is 2.34. The van der Waals surface area contributed by atoms with Crippen LogP contribution in [0.2, 0.25) is 5.02 Å². The van der Waals surface area contributed by atoms with Crippen molar-refractivity contribution in [3.63, 3.8) is 0 Å². The van der Waals surface area contributed by atoms with E-state index in [1.165, 1.54) is 0 Å². The molecule has 21 heavy (non-hydrogen) atoms. The molecule has 0 aliphatic heterocycles. The summed E-state index contributed by atoms with van der Waals surface area (Å²) in [5, 5.41) is 0.524. The molecule has 2 aromatic rings. The minimum Gasteiger partial charge on any atom is -0.478 e. The first-order valence-electron chi connectivity index (χ1n) is 6.29. The zero-order valence-electron chi connectivity index (χ0n) is 11.2. The monoisotopic (exact) mass is 364 g/mol. The number of terminal acetylenes is 1. The summed E-state index contributed by atoms with van der Waals surface area (Å²) >= 11 is 9.63. The standard InChI is InChI=1S/C16H14BrClN2O/c1-2-8-21-16-14(17)9-12(10-15(16)18)11-19-20-13-6-4-3-5-7-13/h1,3-7,9-10,19-20H,8,11H2. The fraction of sp³-hybridized carbons (Fsp3) is 0.125. The normalized spacial score (nSPS) is 9.95. The van der Waals surface area contributed by atoms with Crippen LogP contribution in [-0.4, -0.2) is 6.61 Å². The molecule has 0 saturated heterocycles. The molecular formula is C16H14BrClN2O. The van der Waals surface area contributed by atoms with Gasteiger partial charge >= 0.3 is 0 Å². The van der Waals surface area contributed by atoms with Crippen molar-refractivity contribution in [1.82, 2.24) is 5.43 Å². The zero-order valence-corrected chi connectivity index (χ0v) is 13.5. The highest BCUT2D eigenvalue weighted by molar-refractivity contribution is 9.10. The average Bonchev–Trinajstić information content (AvgIpc) is 2.48. The molecule has 0 unspecified atom stereocenters. The van der Waals surface area contributed by atoms with Gasteiger partial charge in [0.2, 0.25) is 0 Å². The highest BCUT2D eigenvalue weighted by Gasteiger charge is 2.09. The second-order valence-corrected chi connectivity index (χ2v) is 5.49. The number of hydrogen-bond donors (Lipinski definition) is 2. The Hall–Kier alpha value is -1.67. The number of nitrogens with one attached hydrogen (secondary N) is 2. The minimum absolute atomic E-state index is 0.186. The van der Waals surface area contributed by atoms with Crippen LogP contribution in [0.4, 0.5) is 5.69 Å². The van der Waals surface area contributed by atoms with E-state index in [2.05, 4.69) is 32.7 Å². The summed E-state index contributed by atoms with van der Waals surface area (Å²) in [6.07, 6.45) is 5.18. The van der Waals surface area contributed by atoms with Gasteiger partial charge in [0.15, 0.2) is 5.75 Å². The van der Waals surface area contributed by atoms with E-state index < -0.39 is 0 Å². The summed E-state index contributed by atoms with van der Waals surface area (Å²) in [5.74, 6) is 2.98. The number of anilines is 1. The van der Waals surface area contributed by atoms with Crippen LogP contribution in [0.5, 0.6) is 5.75 Å². The Kier molecular flexibility index (Phi) is 5.94. The third kappa shape index (κ3) is 4.68. The molecule has 3 nitrogen and oxygen atoms in total. The molecule has 0 saturated carbocycles. The van der Waals surface area contributed by atoms with Gasteiger partial charge in [0.1, 0.15) is 6.61 Å². The lowest BCUT2D eigenvalue weighted by molar-refractivity contribution is 0.368. The lowest BCUT2D eigenvalue weighted by Gasteiger charge is -2.12. The number of ether oxygens (including phenoxy) is 1. The largest absolute Gasteiger partial charge is 0.478 e. The Labute approximate surface area is 137 Å². The number of hydrazine groups is 1. The third-order valence-electron chi connectivity index (χ3n) is 2.66. The second-order valence-electron chi connectivity index (χ2n) is 4.23. The maximum absolute atomic E-state index is 6.19. The maximum Gasteiger partial charge on any atom is 0.153 e. The van der Waals surface area contributed by atoms with Crippen LogP contribution in [0.3, 0.4) is 0 Å². The number of hydrogen-bond acceptors (Lipinski definition) is 3. The van der Waals surface area contributed by atoms with E-state index in [0.29, 0.717) is 17.3 Å². The molecule has 5 heteroatoms. The predicted octanol–water partition coefficient (Wildman–Crippen LogP) is 4.23. The van der Waals surface area contributed by atoms with Crippen LogP contribution < -0.4 is 15.6 Å². The maximum atomic E-state index is 6.19. The van der Waals surface area contributed by atoms with Crippen molar-refractivity contribution >= 4 is 33.2 Å². The third-order valence-corrected chi connectivity index (χ3v) is 3.53. The van der Waals surface area contributed by atoms with Gasteiger partial charge in [-0.15, -0.1) is 6.42 Å². The Balaban J connectivity index is 1.97. The van der Waals surface area contributed by atoms with Crippen molar-refractivity contribution in [2.45, 2.75) is 6.54 Å². The molecule has 0 amide bonds. The molecule has 108 valence electrons. The SMILES string of the molecule is C#CCOc1c(Cl)cc(CNNc2ccccc2)cc1Br. The van der Waals surface area contributed by atoms with Crippen molar-refractivity contribution in [2.75, 3.05) is 12.0 Å². The van der Waals surface area contributed by atoms with Gasteiger partial charge in [-0.05, 0) is 45.8 Å². The number of benzene rings is 2. The molecule has 2 rings (SSSR count). The molecule has 0 spiro atoms. The first-order chi connectivity index (χ1) is 10.2. The summed E-state index contributed by atoms with van der Waals surface area (Å²) in [4.78, 5) is 0. The fourth-order valence-corrected chi connectivity index (χ4v) is 2.77. The number of halogens is 2. The van der Waals surface area contributed by atoms with Crippen LogP contribution in [0, 0.1) is 12.3 Å². The summed E-state index contributed by atoms with van der Waals surface area (Å²) in [6, 6.07) is 13.6. The van der Waals surface area contributed by atoms with Crippen molar-refractivity contribution in [3.05, 3.63) is 57.5 Å². The van der Waals surface area contributed by atoms with Crippen molar-refractivity contribution < 1.29 is 4.74 Å². The van der Waals surface area contributed by atoms with Crippen LogP contribution in [0.15, 0.2) is 46.9 Å². The molecule has 0 fully saturated rings. The summed E-state index contributed by atoms with van der Waals surface area (Å²) < 4.78 is 6.17. The lowest BCUT2D eigenvalue weighted by atomic mass is 10.2. The Bertz CT molecular complexity index is 617. The van der Waals surface area contributed by atoms with Gasteiger partial charge in [-0.1, -0.05) is 35.7 Å². The van der Waals surface area contributed by atoms with Gasteiger partial charge in [-0.25, -0.2) is 5.43 Å². The Morgan fingerprint density at radius 3 is 2.67 bits per heavy atom. The van der Waals surface area contributed by atoms with Gasteiger partial charge in [-0.3, -0.25) is 0 Å². The van der Waals surface area contributed by atoms with Crippen LogP contribution in [-0.2, 0) is 6.54 Å². The number of rotatable bonds is 6. The molecule has 0 aromatic heterocycles. The minimum atomic E-state index is 0.186. The second kappa shape index (κ2) is 7.94. The van der Waals surface area contributed by atoms with E-state index in [1.54, 1.807) is 0 Å². The first kappa shape index (κ1) is 15.7. The molecule has 2 N–H and O–H groups in total. The first-order valence-corrected chi connectivity index (χ1v) is 7.46. The summed E-state index contributed by atoms with van der Waals surface area (Å²) in [7, 11) is 0. The van der Waals surface area contributed by atoms with Crippen molar-refractivity contribution in [1.29, 1.82) is 0 Å². The van der Waals surface area contributed by atoms with Crippen molar-refractivity contribution in [2.24, 2.45) is 0 Å². The summed E-state index contributed by atoms with van der Waals surface area (Å²) in [5.41, 5.74) is 8.26. The van der Waals surface area contributed by atoms with E-state index in [1.807, 2.05) is 42.5 Å². The Morgan fingerprint density at radius 2 is 2.00 bits per heavy atom. The highest BCUT2D eigenvalue weighted by atomic mass is 79.9. The summed E-state index contributed by atoms with van der Waals surface area (Å²) in [6.45, 7) is 0.800. The van der Waals surface area contributed by atoms with E-state index in [4.69, 9.17) is 22.8 Å². The molecule has 0 aliphatic rings. The van der Waals surface area contributed by atoms with Gasteiger partial charge in [0.05, 0.1) is 9.50 Å². The van der Waals surface area contributed by atoms with E-state index in [9.17, 15) is 0 Å². The van der Waals surface area contributed by atoms with E-state index >= 15 is 0 Å². The fourth-order valence-electron chi connectivity index (χ4n) is 1.74. The van der Waals surface area contributed by atoms with Crippen LogP contribution >= 0.6 is 27.5 Å². The zero-order chi connectivity index (χ0) is 15.1. The lowest BCUT2D eigenvalue weighted by Crippen LogP contribution is -2.20. The van der Waals surface area contributed by atoms with Gasteiger partial charge < -0.3 is 10.2 Å². The topological polar surface area (TPSA) is 33.3 Å². The molecule has 0 aliphatic carbocycles. The van der Waals surface area contributed by atoms with Gasteiger partial charge in [0.25, 0.3) is 0 Å². The molecular weight excluding hydrogens is 352 g/mol. The average molecular weight is 366 g/mol. The number of para-hydroxylation sites is 1. The smallest absolute Gasteiger partial charge is 0.153 e. The van der Waals surface area contributed by atoms with Gasteiger partial charge in [0, 0.05) is 12.2 Å². The van der Waals surface area contributed by atoms with Crippen molar-refractivity contribution in [3.8, 4) is 18.1 Å². The van der Waals surface area contributed by atoms with E-state index in [-0.39, 0.29) is 6.61 Å². The van der Waals surface area contributed by atoms with Gasteiger partial charge in [-0.2, -0.15) is 0 Å². The molecule has 2 aromatic carbocycles. The van der Waals surface area contributed by atoms with E-state index in [0.717, 1.165) is 15.7 Å². The predicted molar refractivity (Wildman–Crippen MR) is 90.4 cm³/mol. The molecule has 0 bridgehead atoms. The molecule has 0 atom stereocenters. The van der Waals surface area contributed by atoms with Crippen LogP contribution in [0.25, 0.3) is 0 Å². The molecule has 0 radical (unpaired) electrons. The quantitative estimate of drug-likeness (QED) is 0.593. The van der Waals surface area contributed by atoms with Crippen LogP contribution in [0.1, 0.15) is 5.56 Å². The molecule has 0 heterocycles.